The van der Waals surface area contributed by atoms with Crippen molar-refractivity contribution in [3.8, 4) is 11.3 Å². The van der Waals surface area contributed by atoms with Gasteiger partial charge < -0.3 is 16.4 Å². The van der Waals surface area contributed by atoms with Gasteiger partial charge in [0.25, 0.3) is 0 Å². The normalized spacial score (nSPS) is 10.4. The van der Waals surface area contributed by atoms with Gasteiger partial charge in [-0.2, -0.15) is 0 Å². The number of carbonyl (C=O) groups excluding carboxylic acids is 1. The van der Waals surface area contributed by atoms with Gasteiger partial charge in [-0.1, -0.05) is 57.5 Å². The maximum Gasteiger partial charge on any atom is 0.227 e. The third-order valence-electron chi connectivity index (χ3n) is 4.78. The molecule has 0 radical (unpaired) electrons. The Morgan fingerprint density at radius 2 is 1.74 bits per heavy atom. The molecule has 6 nitrogen and oxygen atoms in total. The molecule has 0 aliphatic heterocycles. The lowest BCUT2D eigenvalue weighted by atomic mass is 10.0. The van der Waals surface area contributed by atoms with E-state index in [2.05, 4.69) is 54.5 Å². The molecule has 0 saturated heterocycles. The summed E-state index contributed by atoms with van der Waals surface area (Å²) in [7, 11) is 0. The number of carbonyl (C=O) groups is 1. The maximum absolute atomic E-state index is 12.0. The lowest BCUT2D eigenvalue weighted by Crippen LogP contribution is -2.14. The minimum atomic E-state index is 0.0396. The van der Waals surface area contributed by atoms with E-state index < -0.39 is 0 Å². The zero-order valence-electron chi connectivity index (χ0n) is 21.4. The average molecular weight is 474 g/mol. The van der Waals surface area contributed by atoms with Crippen molar-refractivity contribution in [2.24, 2.45) is 5.92 Å². The molecule has 0 saturated carbocycles. The van der Waals surface area contributed by atoms with Crippen molar-refractivity contribution >= 4 is 28.9 Å². The molecule has 0 spiro atoms. The van der Waals surface area contributed by atoms with Crippen LogP contribution in [0.25, 0.3) is 11.3 Å². The fourth-order valence-electron chi connectivity index (χ4n) is 2.72. The quantitative estimate of drug-likeness (QED) is 0.231. The van der Waals surface area contributed by atoms with Crippen LogP contribution in [0.1, 0.15) is 47.0 Å². The topological polar surface area (TPSA) is 92.9 Å². The van der Waals surface area contributed by atoms with Gasteiger partial charge in [0.05, 0.1) is 5.69 Å². The second-order valence-electron chi connectivity index (χ2n) is 7.96. The zero-order chi connectivity index (χ0) is 26.1. The molecule has 3 rings (SSSR count). The molecule has 2 aromatic carbocycles. The Balaban J connectivity index is 0.000000778. The van der Waals surface area contributed by atoms with E-state index >= 15 is 0 Å². The first kappa shape index (κ1) is 29.1. The van der Waals surface area contributed by atoms with Crippen LogP contribution >= 0.6 is 0 Å². The zero-order valence-corrected chi connectivity index (χ0v) is 21.4. The summed E-state index contributed by atoms with van der Waals surface area (Å²) in [6.45, 7) is 15.0. The maximum atomic E-state index is 12.0. The second-order valence-corrected chi connectivity index (χ2v) is 7.96. The van der Waals surface area contributed by atoms with Crippen molar-refractivity contribution in [1.82, 2.24) is 9.97 Å². The molecule has 6 heteroatoms. The van der Waals surface area contributed by atoms with Crippen LogP contribution in [0.4, 0.5) is 23.0 Å². The number of amides is 1. The second kappa shape index (κ2) is 16.6. The molecule has 0 aliphatic rings. The van der Waals surface area contributed by atoms with Crippen LogP contribution in [0, 0.1) is 5.92 Å². The van der Waals surface area contributed by atoms with E-state index in [9.17, 15) is 4.79 Å². The average Bonchev–Trinajstić information content (AvgIpc) is 2.85. The van der Waals surface area contributed by atoms with E-state index in [4.69, 9.17) is 5.73 Å². The Hall–Kier alpha value is -3.93. The number of nitrogens with two attached hydrogens (primary N) is 1. The van der Waals surface area contributed by atoms with Gasteiger partial charge in [0.2, 0.25) is 11.9 Å². The van der Waals surface area contributed by atoms with E-state index in [1.165, 1.54) is 0 Å². The molecule has 1 unspecified atom stereocenters. The Morgan fingerprint density at radius 1 is 1.09 bits per heavy atom. The smallest absolute Gasteiger partial charge is 0.227 e. The van der Waals surface area contributed by atoms with Crippen molar-refractivity contribution in [1.29, 1.82) is 0 Å². The Morgan fingerprint density at radius 3 is 2.31 bits per heavy atom. The molecule has 3 aromatic rings. The molecule has 0 bridgehead atoms. The Kier molecular flexibility index (Phi) is 13.8. The number of nitrogens with zero attached hydrogens (tertiary/aromatic N) is 2. The summed E-state index contributed by atoms with van der Waals surface area (Å²) < 4.78 is 0. The molecule has 4 N–H and O–H groups in total. The molecular weight excluding hydrogens is 434 g/mol. The van der Waals surface area contributed by atoms with Crippen molar-refractivity contribution < 1.29 is 4.79 Å². The highest BCUT2D eigenvalue weighted by molar-refractivity contribution is 5.91. The number of hydrogen-bond donors (Lipinski definition) is 3. The first-order chi connectivity index (χ1) is 16.9. The van der Waals surface area contributed by atoms with E-state index in [1.807, 2.05) is 67.6 Å². The number of rotatable bonds is 8. The molecule has 35 heavy (non-hydrogen) atoms. The number of nitrogens with one attached hydrogen (secondary N) is 2. The number of anilines is 4. The molecule has 0 aliphatic carbocycles. The summed E-state index contributed by atoms with van der Waals surface area (Å²) in [6.07, 6.45) is 7.94. The van der Waals surface area contributed by atoms with E-state index in [1.54, 1.807) is 12.3 Å². The molecule has 1 aromatic heterocycles. The molecular formula is C29H39N5O. The van der Waals surface area contributed by atoms with Crippen LogP contribution in [-0.4, -0.2) is 15.9 Å². The highest BCUT2D eigenvalue weighted by Gasteiger charge is 2.08. The van der Waals surface area contributed by atoms with Crippen LogP contribution in [0.2, 0.25) is 0 Å². The first-order valence-corrected chi connectivity index (χ1v) is 11.9. The number of benzene rings is 2. The fraction of sp³-hybridized carbons (Fsp3) is 0.276. The summed E-state index contributed by atoms with van der Waals surface area (Å²) in [4.78, 5) is 20.9. The third-order valence-corrected chi connectivity index (χ3v) is 4.78. The van der Waals surface area contributed by atoms with Crippen molar-refractivity contribution in [2.45, 2.75) is 47.0 Å². The van der Waals surface area contributed by atoms with Crippen molar-refractivity contribution in [3.63, 3.8) is 0 Å². The standard InChI is InChI=1S/C22H25N5O.C4H8.C3H6/c1-3-15(2)13-21(28)25-18-9-7-16(8-10-18)20-11-12-24-22(27-20)26-19-6-4-5-17(23)14-19;1-3-4-2;1-3-2/h4-12,14-15H,3,13,23H2,1-2H3,(H,25,28)(H,24,26,27);3H,1,4H2,2H3;3H,1H2,2H3. The monoisotopic (exact) mass is 473 g/mol. The van der Waals surface area contributed by atoms with Crippen LogP contribution in [0.3, 0.4) is 0 Å². The SMILES string of the molecule is C=CC.C=CCC.CCC(C)CC(=O)Nc1ccc(-c2ccnc(Nc3cccc(N)c3)n2)cc1. The van der Waals surface area contributed by atoms with Gasteiger partial charge in [-0.3, -0.25) is 4.79 Å². The first-order valence-electron chi connectivity index (χ1n) is 11.9. The molecule has 1 atom stereocenters. The van der Waals surface area contributed by atoms with E-state index in [-0.39, 0.29) is 5.91 Å². The highest BCUT2D eigenvalue weighted by Crippen LogP contribution is 2.22. The third kappa shape index (κ3) is 11.7. The number of nitrogen functional groups attached to an aromatic ring is 1. The Labute approximate surface area is 210 Å². The minimum Gasteiger partial charge on any atom is -0.399 e. The van der Waals surface area contributed by atoms with Gasteiger partial charge in [-0.25, -0.2) is 9.97 Å². The summed E-state index contributed by atoms with van der Waals surface area (Å²) in [6, 6.07) is 16.9. The number of allylic oxidation sites excluding steroid dienone is 2. The summed E-state index contributed by atoms with van der Waals surface area (Å²) in [5.74, 6) is 0.915. The van der Waals surface area contributed by atoms with Gasteiger partial charge in [-0.05, 0) is 55.7 Å². The number of hydrogen-bond acceptors (Lipinski definition) is 5. The summed E-state index contributed by atoms with van der Waals surface area (Å²) >= 11 is 0. The van der Waals surface area contributed by atoms with E-state index in [0.29, 0.717) is 24.0 Å². The molecule has 1 amide bonds. The molecule has 0 fully saturated rings. The van der Waals surface area contributed by atoms with Gasteiger partial charge in [0.1, 0.15) is 0 Å². The van der Waals surface area contributed by atoms with Gasteiger partial charge in [0, 0.05) is 35.2 Å². The van der Waals surface area contributed by atoms with Gasteiger partial charge in [0.15, 0.2) is 0 Å². The predicted octanol–water partition coefficient (Wildman–Crippen LogP) is 7.62. The van der Waals surface area contributed by atoms with Crippen LogP contribution in [0.5, 0.6) is 0 Å². The van der Waals surface area contributed by atoms with Crippen molar-refractivity contribution in [3.05, 3.63) is 86.1 Å². The van der Waals surface area contributed by atoms with Gasteiger partial charge in [-0.15, -0.1) is 13.2 Å². The largest absolute Gasteiger partial charge is 0.399 e. The van der Waals surface area contributed by atoms with Crippen LogP contribution < -0.4 is 16.4 Å². The lowest BCUT2D eigenvalue weighted by molar-refractivity contribution is -0.117. The summed E-state index contributed by atoms with van der Waals surface area (Å²) in [5, 5.41) is 6.10. The van der Waals surface area contributed by atoms with Crippen LogP contribution in [-0.2, 0) is 4.79 Å². The van der Waals surface area contributed by atoms with Crippen molar-refractivity contribution in [2.75, 3.05) is 16.4 Å². The minimum absolute atomic E-state index is 0.0396. The number of aromatic nitrogens is 2. The highest BCUT2D eigenvalue weighted by atomic mass is 16.1. The summed E-state index contributed by atoms with van der Waals surface area (Å²) in [5.41, 5.74) is 9.82. The lowest BCUT2D eigenvalue weighted by Gasteiger charge is -2.10. The predicted molar refractivity (Wildman–Crippen MR) is 151 cm³/mol. The van der Waals surface area contributed by atoms with Gasteiger partial charge >= 0.3 is 0 Å². The Bertz CT molecular complexity index is 1050. The fourth-order valence-corrected chi connectivity index (χ4v) is 2.72. The molecule has 1 heterocycles. The van der Waals surface area contributed by atoms with E-state index in [0.717, 1.165) is 35.5 Å². The van der Waals surface area contributed by atoms with Crippen LogP contribution in [0.15, 0.2) is 86.1 Å². The molecule has 186 valence electrons.